The zero-order chi connectivity index (χ0) is 46.2. The molecule has 67 heavy (non-hydrogen) atoms. The number of hydrogen-bond donors (Lipinski definition) is 2. The van der Waals surface area contributed by atoms with Gasteiger partial charge in [-0.15, -0.1) is 0 Å². The second-order valence-corrected chi connectivity index (χ2v) is 18.2. The first-order valence-electron chi connectivity index (χ1n) is 23.2. The first-order valence-corrected chi connectivity index (χ1v) is 23.2. The summed E-state index contributed by atoms with van der Waals surface area (Å²) in [6, 6.07) is 9.75. The van der Waals surface area contributed by atoms with Gasteiger partial charge in [-0.2, -0.15) is 20.6 Å². The van der Waals surface area contributed by atoms with E-state index in [9.17, 15) is 23.2 Å². The minimum absolute atomic E-state index is 0.0647. The zero-order valence-electron chi connectivity index (χ0n) is 36.8. The molecule has 5 aliphatic rings. The van der Waals surface area contributed by atoms with E-state index in [1.165, 1.54) is 16.9 Å². The van der Waals surface area contributed by atoms with Crippen LogP contribution in [0.1, 0.15) is 116 Å². The summed E-state index contributed by atoms with van der Waals surface area (Å²) in [6.45, 7) is 3.17. The van der Waals surface area contributed by atoms with Gasteiger partial charge in [0.1, 0.15) is 24.2 Å². The molecule has 10 rings (SSSR count). The molecule has 3 saturated heterocycles. The number of nitrogens with one attached hydrogen (secondary N) is 2. The molecule has 20 heteroatoms. The highest BCUT2D eigenvalue weighted by atomic mass is 19.3. The fraction of sp³-hybridized carbons (Fsp3) is 0.532. The summed E-state index contributed by atoms with van der Waals surface area (Å²) in [7, 11) is 0. The molecule has 1 unspecified atom stereocenters. The number of amides is 3. The number of rotatable bonds is 12. The van der Waals surface area contributed by atoms with E-state index < -0.39 is 36.2 Å². The smallest absolute Gasteiger partial charge is 0.284 e. The van der Waals surface area contributed by atoms with Crippen LogP contribution >= 0.6 is 0 Å². The molecule has 3 aliphatic heterocycles. The zero-order valence-corrected chi connectivity index (χ0v) is 36.8. The minimum atomic E-state index is -2.92. The molecule has 350 valence electrons. The van der Waals surface area contributed by atoms with Crippen molar-refractivity contribution in [2.24, 2.45) is 5.92 Å². The van der Waals surface area contributed by atoms with Crippen molar-refractivity contribution in [1.82, 2.24) is 44.4 Å². The van der Waals surface area contributed by atoms with Crippen molar-refractivity contribution in [3.8, 4) is 17.9 Å². The number of benzene rings is 1. The average molecular weight is 921 g/mol. The molecule has 0 radical (unpaired) electrons. The Morgan fingerprint density at radius 3 is 2.64 bits per heavy atom. The number of morpholine rings is 1. The van der Waals surface area contributed by atoms with E-state index in [-0.39, 0.29) is 72.9 Å². The number of ether oxygens (including phenoxy) is 2. The predicted molar refractivity (Wildman–Crippen MR) is 237 cm³/mol. The number of nitrogens with zero attached hydrogens (tertiary/aromatic N) is 10. The topological polar surface area (TPSA) is 190 Å². The summed E-state index contributed by atoms with van der Waals surface area (Å²) in [6.07, 6.45) is 6.03. The van der Waals surface area contributed by atoms with Crippen molar-refractivity contribution >= 4 is 45.8 Å². The van der Waals surface area contributed by atoms with Crippen molar-refractivity contribution in [3.63, 3.8) is 0 Å². The van der Waals surface area contributed by atoms with Gasteiger partial charge >= 0.3 is 0 Å². The molecule has 3 amide bonds. The van der Waals surface area contributed by atoms with Crippen molar-refractivity contribution < 1.29 is 37.0 Å². The average Bonchev–Trinajstić information content (AvgIpc) is 3.75. The number of para-hydroxylation sites is 1. The van der Waals surface area contributed by atoms with E-state index in [1.54, 1.807) is 16.9 Å². The van der Waals surface area contributed by atoms with Gasteiger partial charge in [0.05, 0.1) is 78.0 Å². The molecule has 7 heterocycles. The molecule has 5 aromatic rings. The van der Waals surface area contributed by atoms with Crippen LogP contribution in [0.25, 0.3) is 16.6 Å². The molecule has 4 aromatic heterocycles. The maximum atomic E-state index is 15.6. The van der Waals surface area contributed by atoms with Crippen LogP contribution in [0.15, 0.2) is 42.9 Å². The van der Waals surface area contributed by atoms with E-state index in [0.29, 0.717) is 69.4 Å². The van der Waals surface area contributed by atoms with Crippen LogP contribution in [0.5, 0.6) is 0 Å². The molecule has 0 spiro atoms. The molecule has 2 saturated carbocycles. The van der Waals surface area contributed by atoms with Gasteiger partial charge < -0.3 is 19.7 Å². The lowest BCUT2D eigenvalue weighted by atomic mass is 9.85. The maximum absolute atomic E-state index is 15.6. The van der Waals surface area contributed by atoms with E-state index in [1.807, 2.05) is 27.8 Å². The lowest BCUT2D eigenvalue weighted by molar-refractivity contribution is -0.134. The van der Waals surface area contributed by atoms with Crippen LogP contribution < -0.4 is 15.5 Å². The molecule has 1 aromatic carbocycles. The van der Waals surface area contributed by atoms with Crippen molar-refractivity contribution in [2.45, 2.75) is 107 Å². The maximum Gasteiger partial charge on any atom is 0.284 e. The van der Waals surface area contributed by atoms with Crippen LogP contribution in [0.4, 0.5) is 24.7 Å². The second kappa shape index (κ2) is 19.1. The van der Waals surface area contributed by atoms with Gasteiger partial charge in [0.2, 0.25) is 11.8 Å². The third-order valence-corrected chi connectivity index (χ3v) is 13.7. The summed E-state index contributed by atoms with van der Waals surface area (Å²) in [4.78, 5) is 46.9. The number of imide groups is 1. The number of likely N-dealkylation sites (tertiary alicyclic amines) is 1. The SMILES string of the molecule is N#CC[C@H]1CN(c2ccn3ncc(C(=O)Nc4cn(C5CCC(CN6CC[C@@H](OCC#Cc7cccc8c(C9CCC(=O)NC9=O)nn(C9CC9)c78)[C@@H](F)C6)CC5)nc4C(F)F)c3n2)CCO1. The number of aromatic nitrogens is 7. The van der Waals surface area contributed by atoms with Gasteiger partial charge in [0, 0.05) is 56.9 Å². The van der Waals surface area contributed by atoms with Gasteiger partial charge in [0.15, 0.2) is 11.3 Å². The highest BCUT2D eigenvalue weighted by molar-refractivity contribution is 6.08. The number of nitriles is 1. The van der Waals surface area contributed by atoms with Crippen LogP contribution in [0, 0.1) is 29.1 Å². The quantitative estimate of drug-likeness (QED) is 0.116. The molecule has 2 aliphatic carbocycles. The van der Waals surface area contributed by atoms with Crippen LogP contribution in [-0.2, 0) is 19.1 Å². The Labute approximate surface area is 383 Å². The third kappa shape index (κ3) is 9.47. The Balaban J connectivity index is 0.712. The normalized spacial score (nSPS) is 25.0. The fourth-order valence-corrected chi connectivity index (χ4v) is 10.0. The standard InChI is InChI=1S/C47H51F3N12O5/c48-36-26-58(18-15-38(36)67-21-2-4-29-3-1-5-33-41(34-12-13-40(63)55-46(34)64)57-62(43(29)33)31-10-11-31)24-28-6-8-30(9-7-28)61-27-37(42(56-61)44(49)50)53-47(65)35-23-52-60-19-16-39(54-45(35)60)59-20-22-66-32(25-59)14-17-51/h1,3,5,16,19,23,27-28,30-32,34,36,38,44H,6-15,18,20-22,24-26H2,(H,53,65)(H,55,63,64)/t28?,30?,32-,34?,36-,38+/m0/s1. The summed E-state index contributed by atoms with van der Waals surface area (Å²) in [5, 5.41) is 28.4. The summed E-state index contributed by atoms with van der Waals surface area (Å²) in [5.41, 5.74) is 2.08. The number of carbonyl (C=O) groups is 3. The number of alkyl halides is 3. The summed E-state index contributed by atoms with van der Waals surface area (Å²) >= 11 is 0. The lowest BCUT2D eigenvalue weighted by Gasteiger charge is -2.38. The number of hydrogen-bond acceptors (Lipinski definition) is 12. The third-order valence-electron chi connectivity index (χ3n) is 13.7. The Morgan fingerprint density at radius 1 is 1.03 bits per heavy atom. The molecular formula is C47H51F3N12O5. The highest BCUT2D eigenvalue weighted by Crippen LogP contribution is 2.41. The van der Waals surface area contributed by atoms with Crippen LogP contribution in [0.3, 0.4) is 0 Å². The van der Waals surface area contributed by atoms with Gasteiger partial charge in [0.25, 0.3) is 12.3 Å². The second-order valence-electron chi connectivity index (χ2n) is 18.2. The number of carbonyl (C=O) groups excluding carboxylic acids is 3. The molecule has 5 fully saturated rings. The molecular weight excluding hydrogens is 870 g/mol. The first-order chi connectivity index (χ1) is 32.6. The Kier molecular flexibility index (Phi) is 12.7. The lowest BCUT2D eigenvalue weighted by Crippen LogP contribution is -2.47. The molecule has 4 atom stereocenters. The molecule has 2 N–H and O–H groups in total. The van der Waals surface area contributed by atoms with Crippen molar-refractivity contribution in [3.05, 3.63) is 65.4 Å². The highest BCUT2D eigenvalue weighted by Gasteiger charge is 2.36. The molecule has 0 bridgehead atoms. The van der Waals surface area contributed by atoms with E-state index in [0.717, 1.165) is 48.7 Å². The monoisotopic (exact) mass is 920 g/mol. The van der Waals surface area contributed by atoms with E-state index >= 15 is 4.39 Å². The Morgan fingerprint density at radius 2 is 1.87 bits per heavy atom. The predicted octanol–water partition coefficient (Wildman–Crippen LogP) is 5.65. The van der Waals surface area contributed by atoms with E-state index in [2.05, 4.69) is 48.6 Å². The Hall–Kier alpha value is -6.35. The largest absolute Gasteiger partial charge is 0.373 e. The minimum Gasteiger partial charge on any atom is -0.373 e. The number of fused-ring (bicyclic) bond motifs is 2. The van der Waals surface area contributed by atoms with Gasteiger partial charge in [-0.1, -0.05) is 24.0 Å². The van der Waals surface area contributed by atoms with Crippen molar-refractivity contribution in [2.75, 3.05) is 56.2 Å². The number of halogens is 3. The van der Waals surface area contributed by atoms with Crippen LogP contribution in [0.2, 0.25) is 0 Å². The van der Waals surface area contributed by atoms with Crippen molar-refractivity contribution in [1.29, 1.82) is 5.26 Å². The van der Waals surface area contributed by atoms with Gasteiger partial charge in [-0.25, -0.2) is 22.7 Å². The van der Waals surface area contributed by atoms with E-state index in [4.69, 9.17) is 19.8 Å². The Bertz CT molecular complexity index is 2780. The first kappa shape index (κ1) is 44.5. The van der Waals surface area contributed by atoms with Gasteiger partial charge in [-0.3, -0.25) is 34.0 Å². The van der Waals surface area contributed by atoms with Crippen LogP contribution in [-0.4, -0.2) is 121 Å². The summed E-state index contributed by atoms with van der Waals surface area (Å²) < 4.78 is 60.8. The fourth-order valence-electron chi connectivity index (χ4n) is 10.0. The van der Waals surface area contributed by atoms with Gasteiger partial charge in [-0.05, 0) is 69.4 Å². The number of piperidine rings is 2. The summed E-state index contributed by atoms with van der Waals surface area (Å²) in [5.74, 6) is 5.46. The molecule has 17 nitrogen and oxygen atoms in total. The number of anilines is 2.